The van der Waals surface area contributed by atoms with Crippen molar-refractivity contribution in [3.63, 3.8) is 0 Å². The number of anilines is 2. The second-order valence-electron chi connectivity index (χ2n) is 3.91. The van der Waals surface area contributed by atoms with Crippen molar-refractivity contribution in [1.29, 1.82) is 0 Å². The topological polar surface area (TPSA) is 82.7 Å². The van der Waals surface area contributed by atoms with E-state index in [1.807, 2.05) is 18.2 Å². The molecule has 0 saturated heterocycles. The lowest BCUT2D eigenvalue weighted by atomic mass is 10.3. The first-order valence-electron chi connectivity index (χ1n) is 5.74. The average molecular weight is 253 g/mol. The van der Waals surface area contributed by atoms with Gasteiger partial charge >= 0.3 is 6.03 Å². The number of nitrogens with zero attached hydrogens (tertiary/aromatic N) is 2. The zero-order valence-corrected chi connectivity index (χ0v) is 9.92. The Morgan fingerprint density at radius 1 is 1.11 bits per heavy atom. The summed E-state index contributed by atoms with van der Waals surface area (Å²) in [5.41, 5.74) is 2.11. The molecule has 94 valence electrons. The number of H-pyrrole nitrogens is 1. The Morgan fingerprint density at radius 3 is 2.79 bits per heavy atom. The van der Waals surface area contributed by atoms with Crippen molar-refractivity contribution in [2.45, 2.75) is 0 Å². The van der Waals surface area contributed by atoms with Gasteiger partial charge in [0.05, 0.1) is 6.20 Å². The van der Waals surface area contributed by atoms with Gasteiger partial charge in [-0.2, -0.15) is 0 Å². The third-order valence-corrected chi connectivity index (χ3v) is 2.53. The van der Waals surface area contributed by atoms with Crippen molar-refractivity contribution in [1.82, 2.24) is 15.0 Å². The van der Waals surface area contributed by atoms with Crippen molar-refractivity contribution in [3.05, 3.63) is 48.8 Å². The second kappa shape index (κ2) is 4.77. The molecular weight excluding hydrogens is 242 g/mol. The lowest BCUT2D eigenvalue weighted by Crippen LogP contribution is -2.20. The number of aromatic amines is 1. The van der Waals surface area contributed by atoms with Gasteiger partial charge < -0.3 is 10.3 Å². The molecule has 3 N–H and O–H groups in total. The molecule has 0 saturated carbocycles. The smallest absolute Gasteiger partial charge is 0.324 e. The fourth-order valence-electron chi connectivity index (χ4n) is 1.69. The van der Waals surface area contributed by atoms with Crippen LogP contribution in [0.5, 0.6) is 0 Å². The summed E-state index contributed by atoms with van der Waals surface area (Å²) in [6.45, 7) is 0. The quantitative estimate of drug-likeness (QED) is 0.656. The number of para-hydroxylation sites is 1. The molecule has 0 aliphatic rings. The molecule has 3 aromatic rings. The van der Waals surface area contributed by atoms with Gasteiger partial charge in [0.1, 0.15) is 5.52 Å². The van der Waals surface area contributed by atoms with E-state index in [9.17, 15) is 4.79 Å². The Labute approximate surface area is 108 Å². The van der Waals surface area contributed by atoms with Gasteiger partial charge in [-0.15, -0.1) is 0 Å². The van der Waals surface area contributed by atoms with Crippen LogP contribution in [0.15, 0.2) is 48.8 Å². The SMILES string of the molecule is O=C(Nc1ccccc1)Nc1cnc2[nH]ccc2n1. The minimum atomic E-state index is -0.351. The van der Waals surface area contributed by atoms with E-state index in [4.69, 9.17) is 0 Å². The molecule has 2 amide bonds. The van der Waals surface area contributed by atoms with E-state index < -0.39 is 0 Å². The van der Waals surface area contributed by atoms with E-state index in [1.165, 1.54) is 6.20 Å². The number of urea groups is 1. The highest BCUT2D eigenvalue weighted by atomic mass is 16.2. The number of amides is 2. The van der Waals surface area contributed by atoms with Crippen LogP contribution >= 0.6 is 0 Å². The highest BCUT2D eigenvalue weighted by molar-refractivity contribution is 5.99. The zero-order valence-electron chi connectivity index (χ0n) is 9.92. The number of carbonyl (C=O) groups is 1. The summed E-state index contributed by atoms with van der Waals surface area (Å²) in [6, 6.07) is 10.6. The summed E-state index contributed by atoms with van der Waals surface area (Å²) in [7, 11) is 0. The van der Waals surface area contributed by atoms with Crippen molar-refractivity contribution in [2.24, 2.45) is 0 Å². The summed E-state index contributed by atoms with van der Waals surface area (Å²) < 4.78 is 0. The molecule has 0 radical (unpaired) electrons. The Kier molecular flexibility index (Phi) is 2.82. The standard InChI is InChI=1S/C13H11N5O/c19-13(16-9-4-2-1-3-5-9)18-11-8-15-12-10(17-11)6-7-14-12/h1-8H,(H,14,15)(H2,16,17,18,19). The van der Waals surface area contributed by atoms with Crippen LogP contribution in [-0.2, 0) is 0 Å². The molecule has 0 aliphatic heterocycles. The monoisotopic (exact) mass is 253 g/mol. The molecule has 2 aromatic heterocycles. The van der Waals surface area contributed by atoms with Crippen LogP contribution in [0, 0.1) is 0 Å². The van der Waals surface area contributed by atoms with E-state index in [0.717, 1.165) is 5.69 Å². The van der Waals surface area contributed by atoms with Crippen LogP contribution in [0.3, 0.4) is 0 Å². The maximum atomic E-state index is 11.8. The van der Waals surface area contributed by atoms with Gasteiger partial charge in [-0.3, -0.25) is 5.32 Å². The van der Waals surface area contributed by atoms with Gasteiger partial charge in [0, 0.05) is 11.9 Å². The predicted octanol–water partition coefficient (Wildman–Crippen LogP) is 2.60. The van der Waals surface area contributed by atoms with Gasteiger partial charge in [0.25, 0.3) is 0 Å². The molecule has 0 unspecified atom stereocenters. The number of hydrogen-bond acceptors (Lipinski definition) is 3. The fraction of sp³-hybridized carbons (Fsp3) is 0. The van der Waals surface area contributed by atoms with Crippen LogP contribution in [-0.4, -0.2) is 21.0 Å². The Morgan fingerprint density at radius 2 is 1.95 bits per heavy atom. The molecule has 0 aliphatic carbocycles. The maximum absolute atomic E-state index is 11.8. The van der Waals surface area contributed by atoms with E-state index in [-0.39, 0.29) is 6.03 Å². The number of fused-ring (bicyclic) bond motifs is 1. The number of carbonyl (C=O) groups excluding carboxylic acids is 1. The third kappa shape index (κ3) is 2.52. The van der Waals surface area contributed by atoms with E-state index in [1.54, 1.807) is 24.4 Å². The summed E-state index contributed by atoms with van der Waals surface area (Å²) in [6.07, 6.45) is 3.25. The molecule has 0 bridgehead atoms. The third-order valence-electron chi connectivity index (χ3n) is 2.53. The molecule has 1 aromatic carbocycles. The fourth-order valence-corrected chi connectivity index (χ4v) is 1.69. The normalized spacial score (nSPS) is 10.3. The number of rotatable bonds is 2. The Balaban J connectivity index is 1.72. The number of benzene rings is 1. The zero-order chi connectivity index (χ0) is 13.1. The molecule has 3 rings (SSSR count). The maximum Gasteiger partial charge on any atom is 0.324 e. The highest BCUT2D eigenvalue weighted by Crippen LogP contribution is 2.11. The lowest BCUT2D eigenvalue weighted by Gasteiger charge is -2.06. The van der Waals surface area contributed by atoms with Crippen molar-refractivity contribution in [2.75, 3.05) is 10.6 Å². The Hall–Kier alpha value is -2.89. The Bertz CT molecular complexity index is 707. The summed E-state index contributed by atoms with van der Waals surface area (Å²) in [4.78, 5) is 23.1. The van der Waals surface area contributed by atoms with Gasteiger partial charge in [0.15, 0.2) is 11.5 Å². The molecule has 0 fully saturated rings. The first kappa shape index (κ1) is 11.2. The minimum absolute atomic E-state index is 0.351. The van der Waals surface area contributed by atoms with Crippen LogP contribution < -0.4 is 10.6 Å². The van der Waals surface area contributed by atoms with Crippen LogP contribution in [0.25, 0.3) is 11.2 Å². The van der Waals surface area contributed by atoms with E-state index in [0.29, 0.717) is 17.0 Å². The van der Waals surface area contributed by atoms with Gasteiger partial charge in [-0.1, -0.05) is 18.2 Å². The van der Waals surface area contributed by atoms with Crippen molar-refractivity contribution >= 4 is 28.7 Å². The van der Waals surface area contributed by atoms with Gasteiger partial charge in [-0.05, 0) is 18.2 Å². The van der Waals surface area contributed by atoms with Crippen LogP contribution in [0.1, 0.15) is 0 Å². The molecule has 19 heavy (non-hydrogen) atoms. The number of hydrogen-bond donors (Lipinski definition) is 3. The van der Waals surface area contributed by atoms with Gasteiger partial charge in [-0.25, -0.2) is 14.8 Å². The van der Waals surface area contributed by atoms with Gasteiger partial charge in [0.2, 0.25) is 0 Å². The molecule has 0 atom stereocenters. The highest BCUT2D eigenvalue weighted by Gasteiger charge is 2.05. The molecule has 2 heterocycles. The molecule has 6 nitrogen and oxygen atoms in total. The van der Waals surface area contributed by atoms with Crippen molar-refractivity contribution in [3.8, 4) is 0 Å². The summed E-state index contributed by atoms with van der Waals surface area (Å²) in [5, 5.41) is 5.34. The molecular formula is C13H11N5O. The van der Waals surface area contributed by atoms with Crippen LogP contribution in [0.2, 0.25) is 0 Å². The lowest BCUT2D eigenvalue weighted by molar-refractivity contribution is 0.262. The predicted molar refractivity (Wildman–Crippen MR) is 73.0 cm³/mol. The number of nitrogens with one attached hydrogen (secondary N) is 3. The van der Waals surface area contributed by atoms with Crippen LogP contribution in [0.4, 0.5) is 16.3 Å². The average Bonchev–Trinajstić information content (AvgIpc) is 2.87. The largest absolute Gasteiger partial charge is 0.345 e. The van der Waals surface area contributed by atoms with E-state index >= 15 is 0 Å². The minimum Gasteiger partial charge on any atom is -0.345 e. The summed E-state index contributed by atoms with van der Waals surface area (Å²) >= 11 is 0. The molecule has 0 spiro atoms. The second-order valence-corrected chi connectivity index (χ2v) is 3.91. The van der Waals surface area contributed by atoms with E-state index in [2.05, 4.69) is 25.6 Å². The van der Waals surface area contributed by atoms with Crippen molar-refractivity contribution < 1.29 is 4.79 Å². The first-order chi connectivity index (χ1) is 9.31. The summed E-state index contributed by atoms with van der Waals surface area (Å²) in [5.74, 6) is 0.403. The first-order valence-corrected chi connectivity index (χ1v) is 5.74. The number of aromatic nitrogens is 3. The molecule has 6 heteroatoms.